The first kappa shape index (κ1) is 23.5. The van der Waals surface area contributed by atoms with E-state index in [9.17, 15) is 9.59 Å². The molecule has 1 amide bonds. The number of hydrogen-bond donors (Lipinski definition) is 1. The van der Waals surface area contributed by atoms with Gasteiger partial charge >= 0.3 is 5.97 Å². The molecule has 0 heterocycles. The molecule has 0 spiro atoms. The van der Waals surface area contributed by atoms with Gasteiger partial charge in [-0.25, -0.2) is 10.2 Å². The topological polar surface area (TPSA) is 77.0 Å². The molecule has 0 aromatic heterocycles. The summed E-state index contributed by atoms with van der Waals surface area (Å²) in [4.78, 5) is 24.7. The van der Waals surface area contributed by atoms with Crippen LogP contribution < -0.4 is 10.2 Å². The van der Waals surface area contributed by atoms with Crippen LogP contribution in [-0.4, -0.2) is 36.1 Å². The van der Waals surface area contributed by atoms with Crippen LogP contribution in [0.5, 0.6) is 5.75 Å². The average Bonchev–Trinajstić information content (AvgIpc) is 2.68. The van der Waals surface area contributed by atoms with Gasteiger partial charge < -0.3 is 9.47 Å². The quantitative estimate of drug-likeness (QED) is 0.278. The number of carbonyl (C=O) groups excluding carboxylic acids is 2. The second kappa shape index (κ2) is 11.4. The Kier molecular flexibility index (Phi) is 8.92. The highest BCUT2D eigenvalue weighted by Crippen LogP contribution is 2.19. The summed E-state index contributed by atoms with van der Waals surface area (Å²) in [5.74, 6) is 0.684. The van der Waals surface area contributed by atoms with Gasteiger partial charge in [0.25, 0.3) is 0 Å². The van der Waals surface area contributed by atoms with Crippen LogP contribution in [0.15, 0.2) is 58.5 Å². The molecular formula is C23H28N2O4S. The highest BCUT2D eigenvalue weighted by molar-refractivity contribution is 7.99. The summed E-state index contributed by atoms with van der Waals surface area (Å²) in [6.45, 7) is 7.31. The summed E-state index contributed by atoms with van der Waals surface area (Å²) in [7, 11) is 0. The van der Waals surface area contributed by atoms with Crippen LogP contribution in [0.3, 0.4) is 0 Å². The van der Waals surface area contributed by atoms with Gasteiger partial charge in [0.15, 0.2) is 6.61 Å². The van der Waals surface area contributed by atoms with Gasteiger partial charge in [-0.1, -0.05) is 17.7 Å². The van der Waals surface area contributed by atoms with E-state index in [2.05, 4.69) is 34.8 Å². The minimum absolute atomic E-state index is 0.136. The summed E-state index contributed by atoms with van der Waals surface area (Å²) in [6, 6.07) is 15.2. The van der Waals surface area contributed by atoms with E-state index in [1.54, 1.807) is 63.0 Å². The molecule has 2 aromatic carbocycles. The Morgan fingerprint density at radius 1 is 1.07 bits per heavy atom. The van der Waals surface area contributed by atoms with Gasteiger partial charge in [0.2, 0.25) is 5.91 Å². The molecule has 0 saturated heterocycles. The van der Waals surface area contributed by atoms with Crippen LogP contribution >= 0.6 is 11.8 Å². The van der Waals surface area contributed by atoms with Gasteiger partial charge in [0.05, 0.1) is 6.21 Å². The third kappa shape index (κ3) is 9.60. The van der Waals surface area contributed by atoms with Crippen molar-refractivity contribution in [3.8, 4) is 5.75 Å². The lowest BCUT2D eigenvalue weighted by molar-refractivity contribution is -0.157. The molecule has 0 aliphatic heterocycles. The normalized spacial score (nSPS) is 11.3. The van der Waals surface area contributed by atoms with E-state index >= 15 is 0 Å². The summed E-state index contributed by atoms with van der Waals surface area (Å²) < 4.78 is 10.6. The number of carbonyl (C=O) groups is 2. The molecule has 0 fully saturated rings. The van der Waals surface area contributed by atoms with Crippen LogP contribution in [0.1, 0.15) is 38.3 Å². The molecule has 0 radical (unpaired) electrons. The summed E-state index contributed by atoms with van der Waals surface area (Å²) in [5, 5.41) is 3.97. The molecule has 0 atom stereocenters. The van der Waals surface area contributed by atoms with Gasteiger partial charge in [-0.05, 0) is 69.7 Å². The van der Waals surface area contributed by atoms with Crippen molar-refractivity contribution in [2.75, 3.05) is 12.4 Å². The molecule has 7 heteroatoms. The monoisotopic (exact) mass is 428 g/mol. The first-order valence-electron chi connectivity index (χ1n) is 9.67. The second-order valence-electron chi connectivity index (χ2n) is 7.65. The lowest BCUT2D eigenvalue weighted by Crippen LogP contribution is -2.27. The van der Waals surface area contributed by atoms with Crippen molar-refractivity contribution in [2.24, 2.45) is 5.10 Å². The zero-order chi connectivity index (χ0) is 22.0. The van der Waals surface area contributed by atoms with E-state index in [1.807, 2.05) is 6.92 Å². The molecule has 160 valence electrons. The number of hydrogen-bond acceptors (Lipinski definition) is 6. The highest BCUT2D eigenvalue weighted by Gasteiger charge is 2.16. The molecule has 0 bridgehead atoms. The number of hydrazone groups is 1. The van der Waals surface area contributed by atoms with Crippen LogP contribution in [0.4, 0.5) is 0 Å². The zero-order valence-electron chi connectivity index (χ0n) is 17.8. The molecule has 2 aromatic rings. The van der Waals surface area contributed by atoms with E-state index in [-0.39, 0.29) is 12.5 Å². The second-order valence-corrected chi connectivity index (χ2v) is 8.82. The van der Waals surface area contributed by atoms with Gasteiger partial charge in [0, 0.05) is 17.1 Å². The highest BCUT2D eigenvalue weighted by atomic mass is 32.2. The minimum Gasteiger partial charge on any atom is -0.482 e. The maximum Gasteiger partial charge on any atom is 0.344 e. The molecule has 30 heavy (non-hydrogen) atoms. The average molecular weight is 429 g/mol. The Balaban J connectivity index is 1.68. The third-order valence-electron chi connectivity index (χ3n) is 3.68. The number of amides is 1. The number of rotatable bonds is 9. The fourth-order valence-electron chi connectivity index (χ4n) is 2.29. The van der Waals surface area contributed by atoms with Crippen molar-refractivity contribution in [2.45, 2.75) is 44.6 Å². The maximum absolute atomic E-state index is 11.9. The Labute approximate surface area is 182 Å². The maximum atomic E-state index is 11.9. The molecule has 1 N–H and O–H groups in total. The number of aryl methyl sites for hydroxylation is 1. The van der Waals surface area contributed by atoms with Crippen LogP contribution in [0.25, 0.3) is 0 Å². The Bertz CT molecular complexity index is 856. The van der Waals surface area contributed by atoms with E-state index in [4.69, 9.17) is 9.47 Å². The van der Waals surface area contributed by atoms with Crippen molar-refractivity contribution in [1.29, 1.82) is 0 Å². The molecule has 0 aliphatic rings. The Morgan fingerprint density at radius 2 is 1.73 bits per heavy atom. The zero-order valence-corrected chi connectivity index (χ0v) is 18.6. The lowest BCUT2D eigenvalue weighted by Gasteiger charge is -2.19. The van der Waals surface area contributed by atoms with Crippen molar-refractivity contribution < 1.29 is 19.1 Å². The molecule has 2 rings (SSSR count). The van der Waals surface area contributed by atoms with Gasteiger partial charge in [-0.2, -0.15) is 5.10 Å². The molecule has 0 saturated carbocycles. The lowest BCUT2D eigenvalue weighted by atomic mass is 10.2. The Hall–Kier alpha value is -2.80. The van der Waals surface area contributed by atoms with Crippen LogP contribution in [0, 0.1) is 6.92 Å². The number of esters is 1. The first-order chi connectivity index (χ1) is 14.2. The fraction of sp³-hybridized carbons (Fsp3) is 0.348. The van der Waals surface area contributed by atoms with E-state index < -0.39 is 11.6 Å². The third-order valence-corrected chi connectivity index (χ3v) is 4.69. The molecular weight excluding hydrogens is 400 g/mol. The smallest absolute Gasteiger partial charge is 0.344 e. The van der Waals surface area contributed by atoms with E-state index in [1.165, 1.54) is 5.56 Å². The number of benzene rings is 2. The SMILES string of the molecule is Cc1ccc(SCCC(=O)N/N=C\c2ccc(OCC(=O)OC(C)(C)C)cc2)cc1. The predicted octanol–water partition coefficient (Wildman–Crippen LogP) is 4.35. The van der Waals surface area contributed by atoms with Crippen LogP contribution in [-0.2, 0) is 14.3 Å². The number of ether oxygens (including phenoxy) is 2. The number of thioether (sulfide) groups is 1. The van der Waals surface area contributed by atoms with Gasteiger partial charge in [-0.3, -0.25) is 4.79 Å². The summed E-state index contributed by atoms with van der Waals surface area (Å²) >= 11 is 1.64. The fourth-order valence-corrected chi connectivity index (χ4v) is 3.15. The van der Waals surface area contributed by atoms with Crippen molar-refractivity contribution in [1.82, 2.24) is 5.43 Å². The van der Waals surface area contributed by atoms with E-state index in [0.29, 0.717) is 17.9 Å². The summed E-state index contributed by atoms with van der Waals surface area (Å²) in [5.41, 5.74) is 4.01. The largest absolute Gasteiger partial charge is 0.482 e. The van der Waals surface area contributed by atoms with Crippen molar-refractivity contribution in [3.05, 3.63) is 59.7 Å². The molecule has 0 unspecified atom stereocenters. The number of nitrogens with one attached hydrogen (secondary N) is 1. The Morgan fingerprint density at radius 3 is 2.37 bits per heavy atom. The van der Waals surface area contributed by atoms with Gasteiger partial charge in [0.1, 0.15) is 11.4 Å². The minimum atomic E-state index is -0.537. The molecule has 0 aliphatic carbocycles. The van der Waals surface area contributed by atoms with E-state index in [0.717, 1.165) is 10.5 Å². The molecule has 6 nitrogen and oxygen atoms in total. The van der Waals surface area contributed by atoms with Crippen molar-refractivity contribution >= 4 is 29.9 Å². The predicted molar refractivity (Wildman–Crippen MR) is 120 cm³/mol. The van der Waals surface area contributed by atoms with Gasteiger partial charge in [-0.15, -0.1) is 11.8 Å². The number of nitrogens with zero attached hydrogens (tertiary/aromatic N) is 1. The standard InChI is InChI=1S/C23H28N2O4S/c1-17-5-11-20(12-6-17)30-14-13-21(26)25-24-15-18-7-9-19(10-8-18)28-16-22(27)29-23(2,3)4/h5-12,15H,13-14,16H2,1-4H3,(H,25,26)/b24-15-. The van der Waals surface area contributed by atoms with Crippen LogP contribution in [0.2, 0.25) is 0 Å². The first-order valence-corrected chi connectivity index (χ1v) is 10.7. The van der Waals surface area contributed by atoms with Crippen molar-refractivity contribution in [3.63, 3.8) is 0 Å². The summed E-state index contributed by atoms with van der Waals surface area (Å²) in [6.07, 6.45) is 1.94.